The highest BCUT2D eigenvalue weighted by Gasteiger charge is 1.99. The first kappa shape index (κ1) is 9.47. The molecule has 0 aliphatic heterocycles. The fourth-order valence-corrected chi connectivity index (χ4v) is 1.14. The Morgan fingerprint density at radius 3 is 2.85 bits per heavy atom. The molecule has 1 aromatic carbocycles. The Hall–Kier alpha value is -1.62. The Labute approximate surface area is 80.3 Å². The van der Waals surface area contributed by atoms with Gasteiger partial charge in [-0.2, -0.15) is 10.3 Å². The van der Waals surface area contributed by atoms with Crippen LogP contribution in [0.2, 0.25) is 5.02 Å². The largest absolute Gasteiger partial charge is 0.240 e. The van der Waals surface area contributed by atoms with Gasteiger partial charge in [-0.05, 0) is 17.7 Å². The molecular formula is C9H5ClN2O. The first-order valence-corrected chi connectivity index (χ1v) is 3.89. The van der Waals surface area contributed by atoms with E-state index >= 15 is 0 Å². The molecule has 4 heteroatoms. The lowest BCUT2D eigenvalue weighted by atomic mass is 10.1. The second-order valence-electron chi connectivity index (χ2n) is 2.32. The summed E-state index contributed by atoms with van der Waals surface area (Å²) >= 11 is 5.76. The van der Waals surface area contributed by atoms with Gasteiger partial charge < -0.3 is 0 Å². The third kappa shape index (κ3) is 2.41. The van der Waals surface area contributed by atoms with Crippen molar-refractivity contribution in [2.75, 3.05) is 0 Å². The van der Waals surface area contributed by atoms with Crippen LogP contribution in [0.1, 0.15) is 5.56 Å². The highest BCUT2D eigenvalue weighted by Crippen LogP contribution is 2.25. The molecule has 1 aromatic rings. The van der Waals surface area contributed by atoms with Crippen LogP contribution >= 0.6 is 11.6 Å². The van der Waals surface area contributed by atoms with Crippen LogP contribution in [0.5, 0.6) is 0 Å². The van der Waals surface area contributed by atoms with Gasteiger partial charge in [-0.1, -0.05) is 17.7 Å². The van der Waals surface area contributed by atoms with Crippen LogP contribution in [0.4, 0.5) is 5.69 Å². The van der Waals surface area contributed by atoms with Crippen molar-refractivity contribution in [1.29, 1.82) is 5.26 Å². The predicted molar refractivity (Wildman–Crippen MR) is 48.6 cm³/mol. The van der Waals surface area contributed by atoms with E-state index in [1.807, 2.05) is 6.07 Å². The third-order valence-corrected chi connectivity index (χ3v) is 1.76. The number of rotatable bonds is 2. The lowest BCUT2D eigenvalue weighted by molar-refractivity contribution is 0.565. The molecule has 0 N–H and O–H groups in total. The van der Waals surface area contributed by atoms with Gasteiger partial charge in [0.25, 0.3) is 0 Å². The maximum Gasteiger partial charge on any atom is 0.240 e. The van der Waals surface area contributed by atoms with E-state index in [4.69, 9.17) is 16.9 Å². The third-order valence-electron chi connectivity index (χ3n) is 1.46. The summed E-state index contributed by atoms with van der Waals surface area (Å²) in [6.07, 6.45) is 1.70. The van der Waals surface area contributed by atoms with Gasteiger partial charge in [0.1, 0.15) is 0 Å². The van der Waals surface area contributed by atoms with Gasteiger partial charge in [-0.3, -0.25) is 0 Å². The van der Waals surface area contributed by atoms with Crippen molar-refractivity contribution in [1.82, 2.24) is 0 Å². The zero-order valence-electron chi connectivity index (χ0n) is 6.62. The maximum absolute atomic E-state index is 9.93. The summed E-state index contributed by atoms with van der Waals surface area (Å²) in [6.45, 7) is 0. The highest BCUT2D eigenvalue weighted by atomic mass is 35.5. The molecule has 0 saturated carbocycles. The highest BCUT2D eigenvalue weighted by molar-refractivity contribution is 6.33. The van der Waals surface area contributed by atoms with E-state index in [0.29, 0.717) is 17.1 Å². The molecule has 0 amide bonds. The van der Waals surface area contributed by atoms with E-state index in [2.05, 4.69) is 4.99 Å². The summed E-state index contributed by atoms with van der Waals surface area (Å²) in [5.41, 5.74) is 1.18. The molecule has 64 valence electrons. The Morgan fingerprint density at radius 2 is 2.31 bits per heavy atom. The van der Waals surface area contributed by atoms with Crippen molar-refractivity contribution in [3.8, 4) is 6.07 Å². The van der Waals surface area contributed by atoms with E-state index < -0.39 is 0 Å². The molecule has 0 fully saturated rings. The second kappa shape index (κ2) is 4.42. The van der Waals surface area contributed by atoms with E-state index in [1.54, 1.807) is 18.2 Å². The number of halogens is 1. The molecule has 0 unspecified atom stereocenters. The molecule has 0 aromatic heterocycles. The first-order chi connectivity index (χ1) is 6.27. The molecule has 0 spiro atoms. The number of hydrogen-bond acceptors (Lipinski definition) is 3. The molecule has 0 aliphatic carbocycles. The SMILES string of the molecule is N#CCc1ccc(N=C=O)c(Cl)c1. The standard InChI is InChI=1S/C9H5ClN2O/c10-8-5-7(3-4-11)1-2-9(8)12-6-13/h1-2,5H,3H2. The van der Waals surface area contributed by atoms with Gasteiger partial charge in [0.15, 0.2) is 0 Å². The number of nitriles is 1. The minimum Gasteiger partial charge on any atom is -0.211 e. The Balaban J connectivity index is 3.06. The van der Waals surface area contributed by atoms with Gasteiger partial charge in [0, 0.05) is 0 Å². The molecule has 13 heavy (non-hydrogen) atoms. The number of nitrogens with zero attached hydrogens (tertiary/aromatic N) is 2. The van der Waals surface area contributed by atoms with Gasteiger partial charge >= 0.3 is 0 Å². The molecule has 0 aliphatic rings. The van der Waals surface area contributed by atoms with Crippen molar-refractivity contribution < 1.29 is 4.79 Å². The van der Waals surface area contributed by atoms with Crippen molar-refractivity contribution in [3.63, 3.8) is 0 Å². The number of carbonyl (C=O) groups excluding carboxylic acids is 1. The van der Waals surface area contributed by atoms with E-state index in [-0.39, 0.29) is 0 Å². The van der Waals surface area contributed by atoms with Crippen LogP contribution < -0.4 is 0 Å². The normalized spacial score (nSPS) is 8.62. The number of benzene rings is 1. The van der Waals surface area contributed by atoms with Crippen molar-refractivity contribution in [2.24, 2.45) is 4.99 Å². The van der Waals surface area contributed by atoms with Crippen molar-refractivity contribution in [2.45, 2.75) is 6.42 Å². The summed E-state index contributed by atoms with van der Waals surface area (Å²) in [4.78, 5) is 13.3. The smallest absolute Gasteiger partial charge is 0.211 e. The molecule has 0 radical (unpaired) electrons. The van der Waals surface area contributed by atoms with Crippen LogP contribution in [-0.2, 0) is 11.2 Å². The zero-order valence-corrected chi connectivity index (χ0v) is 7.38. The van der Waals surface area contributed by atoms with Crippen LogP contribution in [0, 0.1) is 11.3 Å². The van der Waals surface area contributed by atoms with Crippen molar-refractivity contribution in [3.05, 3.63) is 28.8 Å². The molecular weight excluding hydrogens is 188 g/mol. The van der Waals surface area contributed by atoms with Gasteiger partial charge in [-0.25, -0.2) is 4.79 Å². The van der Waals surface area contributed by atoms with Gasteiger partial charge in [0.05, 0.1) is 23.2 Å². The number of aliphatic imine (C=N–C) groups is 1. The van der Waals surface area contributed by atoms with Crippen LogP contribution in [0.3, 0.4) is 0 Å². The predicted octanol–water partition coefficient (Wildman–Crippen LogP) is 2.37. The number of isocyanates is 1. The maximum atomic E-state index is 9.93. The molecule has 0 saturated heterocycles. The Morgan fingerprint density at radius 1 is 1.54 bits per heavy atom. The molecule has 1 rings (SSSR count). The molecule has 3 nitrogen and oxygen atoms in total. The quantitative estimate of drug-likeness (QED) is 0.534. The minimum absolute atomic E-state index is 0.296. The average molecular weight is 193 g/mol. The monoisotopic (exact) mass is 192 g/mol. The summed E-state index contributed by atoms with van der Waals surface area (Å²) in [6, 6.07) is 6.89. The summed E-state index contributed by atoms with van der Waals surface area (Å²) in [5.74, 6) is 0. The lowest BCUT2D eigenvalue weighted by Crippen LogP contribution is -1.80. The van der Waals surface area contributed by atoms with Crippen LogP contribution in [0.15, 0.2) is 23.2 Å². The van der Waals surface area contributed by atoms with Gasteiger partial charge in [0.2, 0.25) is 6.08 Å². The Bertz CT molecular complexity index is 403. The zero-order chi connectivity index (χ0) is 9.68. The fourth-order valence-electron chi connectivity index (χ4n) is 0.891. The molecule has 0 heterocycles. The molecule has 0 bridgehead atoms. The summed E-state index contributed by atoms with van der Waals surface area (Å²) < 4.78 is 0. The Kier molecular flexibility index (Phi) is 3.22. The summed E-state index contributed by atoms with van der Waals surface area (Å²) in [7, 11) is 0. The fraction of sp³-hybridized carbons (Fsp3) is 0.111. The van der Waals surface area contributed by atoms with Crippen LogP contribution in [0.25, 0.3) is 0 Å². The van der Waals surface area contributed by atoms with Crippen LogP contribution in [-0.4, -0.2) is 6.08 Å². The van der Waals surface area contributed by atoms with E-state index in [0.717, 1.165) is 5.56 Å². The minimum atomic E-state index is 0.296. The summed E-state index contributed by atoms with van der Waals surface area (Å²) in [5, 5.41) is 8.76. The second-order valence-corrected chi connectivity index (χ2v) is 2.73. The number of hydrogen-bond donors (Lipinski definition) is 0. The lowest BCUT2D eigenvalue weighted by Gasteiger charge is -1.97. The topological polar surface area (TPSA) is 53.2 Å². The van der Waals surface area contributed by atoms with E-state index in [9.17, 15) is 4.79 Å². The van der Waals surface area contributed by atoms with Crippen molar-refractivity contribution >= 4 is 23.4 Å². The first-order valence-electron chi connectivity index (χ1n) is 3.51. The average Bonchev–Trinajstić information content (AvgIpc) is 2.10. The van der Waals surface area contributed by atoms with E-state index in [1.165, 1.54) is 6.08 Å². The van der Waals surface area contributed by atoms with Gasteiger partial charge in [-0.15, -0.1) is 0 Å². The molecule has 0 atom stereocenters.